The predicted octanol–water partition coefficient (Wildman–Crippen LogP) is 5.42. The molecule has 0 N–H and O–H groups in total. The summed E-state index contributed by atoms with van der Waals surface area (Å²) in [5.74, 6) is 1.05. The number of carbonyl (C=O) groups excluding carboxylic acids is 1. The van der Waals surface area contributed by atoms with Crippen LogP contribution in [0.5, 0.6) is 11.5 Å². The summed E-state index contributed by atoms with van der Waals surface area (Å²) in [5.41, 5.74) is 1.53. The molecule has 2 heterocycles. The zero-order valence-electron chi connectivity index (χ0n) is 21.8. The fourth-order valence-corrected chi connectivity index (χ4v) is 4.08. The van der Waals surface area contributed by atoms with Crippen molar-refractivity contribution in [3.05, 3.63) is 88.7 Å². The molecule has 5 aromatic rings. The number of fused-ring (bicyclic) bond motifs is 2. The minimum Gasteiger partial charge on any atom is -0.490 e. The van der Waals surface area contributed by atoms with Gasteiger partial charge in [0.1, 0.15) is 5.58 Å². The van der Waals surface area contributed by atoms with E-state index in [1.165, 1.54) is 10.9 Å². The summed E-state index contributed by atoms with van der Waals surface area (Å²) in [6.07, 6.45) is 0.725. The maximum atomic E-state index is 13.5. The van der Waals surface area contributed by atoms with Crippen molar-refractivity contribution in [1.29, 1.82) is 0 Å². The Hall–Kier alpha value is -4.92. The molecule has 198 valence electrons. The Kier molecular flexibility index (Phi) is 7.40. The molecule has 0 saturated carbocycles. The molecular formula is C30H27N3O6. The maximum Gasteiger partial charge on any atom is 0.347 e. The van der Waals surface area contributed by atoms with Crippen LogP contribution < -0.4 is 15.0 Å². The maximum absolute atomic E-state index is 13.5. The van der Waals surface area contributed by atoms with Crippen molar-refractivity contribution in [2.45, 2.75) is 26.9 Å². The number of benzene rings is 3. The smallest absolute Gasteiger partial charge is 0.347 e. The number of rotatable bonds is 9. The number of hydrogen-bond donors (Lipinski definition) is 0. The molecule has 0 amide bonds. The number of ether oxygens (including phenoxy) is 3. The SMILES string of the molecule is CCOC(=O)[C@H](C)Oc1ccc(C=Nn2c(-c3cc4ccccc4o3)nc3ccccc3c2=O)cc1OCC. The van der Waals surface area contributed by atoms with Gasteiger partial charge in [-0.15, -0.1) is 0 Å². The van der Waals surface area contributed by atoms with E-state index in [0.29, 0.717) is 45.9 Å². The van der Waals surface area contributed by atoms with Gasteiger partial charge in [0, 0.05) is 5.39 Å². The average Bonchev–Trinajstić information content (AvgIpc) is 3.38. The summed E-state index contributed by atoms with van der Waals surface area (Å²) in [7, 11) is 0. The number of para-hydroxylation sites is 2. The lowest BCUT2D eigenvalue weighted by Crippen LogP contribution is -2.26. The van der Waals surface area contributed by atoms with E-state index < -0.39 is 12.1 Å². The summed E-state index contributed by atoms with van der Waals surface area (Å²) in [5, 5.41) is 5.82. The largest absolute Gasteiger partial charge is 0.490 e. The number of furan rings is 1. The van der Waals surface area contributed by atoms with Crippen LogP contribution >= 0.6 is 0 Å². The fraction of sp³-hybridized carbons (Fsp3) is 0.200. The third kappa shape index (κ3) is 5.38. The molecule has 0 aliphatic carbocycles. The first-order valence-corrected chi connectivity index (χ1v) is 12.6. The van der Waals surface area contributed by atoms with Crippen LogP contribution in [-0.4, -0.2) is 41.2 Å². The Morgan fingerprint density at radius 3 is 2.62 bits per heavy atom. The number of aromatic nitrogens is 2. The third-order valence-electron chi connectivity index (χ3n) is 5.91. The molecular weight excluding hydrogens is 498 g/mol. The normalized spacial score (nSPS) is 12.2. The third-order valence-corrected chi connectivity index (χ3v) is 5.91. The first kappa shape index (κ1) is 25.7. The van der Waals surface area contributed by atoms with Crippen molar-refractivity contribution in [3.8, 4) is 23.1 Å². The Balaban J connectivity index is 1.55. The lowest BCUT2D eigenvalue weighted by atomic mass is 10.2. The van der Waals surface area contributed by atoms with Gasteiger partial charge in [-0.1, -0.05) is 30.3 Å². The molecule has 39 heavy (non-hydrogen) atoms. The van der Waals surface area contributed by atoms with Crippen molar-refractivity contribution >= 4 is 34.1 Å². The molecule has 0 aliphatic rings. The first-order chi connectivity index (χ1) is 19.0. The minimum absolute atomic E-state index is 0.263. The van der Waals surface area contributed by atoms with Gasteiger partial charge in [-0.05, 0) is 68.8 Å². The molecule has 9 heteroatoms. The topological polar surface area (TPSA) is 105 Å². The second-order valence-corrected chi connectivity index (χ2v) is 8.61. The van der Waals surface area contributed by atoms with E-state index in [-0.39, 0.29) is 18.0 Å². The van der Waals surface area contributed by atoms with Gasteiger partial charge < -0.3 is 18.6 Å². The number of esters is 1. The molecule has 0 saturated heterocycles. The van der Waals surface area contributed by atoms with Gasteiger partial charge in [0.15, 0.2) is 23.4 Å². The van der Waals surface area contributed by atoms with Gasteiger partial charge in [0.05, 0.1) is 30.3 Å². The standard InChI is InChI=1S/C30H27N3O6/c1-4-36-26-16-20(14-15-25(26)38-19(3)30(35)37-5-2)18-31-33-28(27-17-21-10-6-9-13-24(21)39-27)32-23-12-8-7-11-22(23)29(33)34/h6-19H,4-5H2,1-3H3/t19-/m0/s1. The molecule has 3 aromatic carbocycles. The number of hydrogen-bond acceptors (Lipinski definition) is 8. The van der Waals surface area contributed by atoms with Crippen LogP contribution in [0.25, 0.3) is 33.5 Å². The number of nitrogens with zero attached hydrogens (tertiary/aromatic N) is 3. The van der Waals surface area contributed by atoms with Gasteiger partial charge in [-0.3, -0.25) is 4.79 Å². The van der Waals surface area contributed by atoms with E-state index in [0.717, 1.165) is 5.39 Å². The first-order valence-electron chi connectivity index (χ1n) is 12.6. The van der Waals surface area contributed by atoms with Crippen LogP contribution in [0.1, 0.15) is 26.3 Å². The molecule has 0 fully saturated rings. The molecule has 9 nitrogen and oxygen atoms in total. The van der Waals surface area contributed by atoms with Crippen LogP contribution in [0.15, 0.2) is 87.1 Å². The molecule has 0 unspecified atom stereocenters. The van der Waals surface area contributed by atoms with Crippen LogP contribution in [0.4, 0.5) is 0 Å². The lowest BCUT2D eigenvalue weighted by Gasteiger charge is -2.16. The van der Waals surface area contributed by atoms with Gasteiger partial charge in [0.2, 0.25) is 5.82 Å². The van der Waals surface area contributed by atoms with E-state index in [1.54, 1.807) is 50.2 Å². The Morgan fingerprint density at radius 2 is 1.82 bits per heavy atom. The van der Waals surface area contributed by atoms with Crippen molar-refractivity contribution in [2.75, 3.05) is 13.2 Å². The molecule has 1 atom stereocenters. The van der Waals surface area contributed by atoms with Crippen molar-refractivity contribution in [3.63, 3.8) is 0 Å². The number of carbonyl (C=O) groups is 1. The highest BCUT2D eigenvalue weighted by Crippen LogP contribution is 2.30. The van der Waals surface area contributed by atoms with Crippen molar-refractivity contribution in [2.24, 2.45) is 5.10 Å². The van der Waals surface area contributed by atoms with E-state index in [1.807, 2.05) is 43.3 Å². The zero-order valence-corrected chi connectivity index (χ0v) is 21.8. The van der Waals surface area contributed by atoms with Crippen LogP contribution in [-0.2, 0) is 9.53 Å². The lowest BCUT2D eigenvalue weighted by molar-refractivity contribution is -0.150. The highest BCUT2D eigenvalue weighted by Gasteiger charge is 2.19. The fourth-order valence-electron chi connectivity index (χ4n) is 4.08. The van der Waals surface area contributed by atoms with E-state index >= 15 is 0 Å². The highest BCUT2D eigenvalue weighted by atomic mass is 16.6. The summed E-state index contributed by atoms with van der Waals surface area (Å²) in [6, 6.07) is 21.7. The van der Waals surface area contributed by atoms with Gasteiger partial charge in [-0.25, -0.2) is 9.78 Å². The van der Waals surface area contributed by atoms with Crippen LogP contribution in [0, 0.1) is 0 Å². The van der Waals surface area contributed by atoms with Crippen LogP contribution in [0.3, 0.4) is 0 Å². The monoisotopic (exact) mass is 525 g/mol. The summed E-state index contributed by atoms with van der Waals surface area (Å²) < 4.78 is 23.8. The summed E-state index contributed by atoms with van der Waals surface area (Å²) >= 11 is 0. The molecule has 5 rings (SSSR count). The minimum atomic E-state index is -0.808. The second kappa shape index (κ2) is 11.2. The van der Waals surface area contributed by atoms with Gasteiger partial charge >= 0.3 is 5.97 Å². The molecule has 2 aromatic heterocycles. The van der Waals surface area contributed by atoms with E-state index in [2.05, 4.69) is 5.10 Å². The summed E-state index contributed by atoms with van der Waals surface area (Å²) in [6.45, 7) is 5.84. The molecule has 0 aliphatic heterocycles. The van der Waals surface area contributed by atoms with Crippen LogP contribution in [0.2, 0.25) is 0 Å². The second-order valence-electron chi connectivity index (χ2n) is 8.61. The predicted molar refractivity (Wildman–Crippen MR) is 149 cm³/mol. The zero-order chi connectivity index (χ0) is 27.4. The molecule has 0 radical (unpaired) electrons. The Labute approximate surface area is 224 Å². The average molecular weight is 526 g/mol. The van der Waals surface area contributed by atoms with E-state index in [4.69, 9.17) is 23.6 Å². The Bertz CT molecular complexity index is 1700. The van der Waals surface area contributed by atoms with Crippen molar-refractivity contribution in [1.82, 2.24) is 9.66 Å². The van der Waals surface area contributed by atoms with Gasteiger partial charge in [0.25, 0.3) is 5.56 Å². The molecule has 0 spiro atoms. The molecule has 0 bridgehead atoms. The van der Waals surface area contributed by atoms with Gasteiger partial charge in [-0.2, -0.15) is 9.78 Å². The summed E-state index contributed by atoms with van der Waals surface area (Å²) in [4.78, 5) is 30.2. The Morgan fingerprint density at radius 1 is 1.03 bits per heavy atom. The highest BCUT2D eigenvalue weighted by molar-refractivity contribution is 5.85. The van der Waals surface area contributed by atoms with Crippen molar-refractivity contribution < 1.29 is 23.4 Å². The quantitative estimate of drug-likeness (QED) is 0.187. The van der Waals surface area contributed by atoms with E-state index in [9.17, 15) is 9.59 Å².